The first-order valence-corrected chi connectivity index (χ1v) is 8.50. The Morgan fingerprint density at radius 1 is 1.15 bits per heavy atom. The molecule has 0 N–H and O–H groups in total. The number of allylic oxidation sites excluding steroid dienone is 2. The fourth-order valence-corrected chi connectivity index (χ4v) is 5.79. The van der Waals surface area contributed by atoms with Crippen LogP contribution in [0.5, 0.6) is 0 Å². The van der Waals surface area contributed by atoms with Gasteiger partial charge in [-0.15, -0.1) is 0 Å². The third kappa shape index (κ3) is 1.79. The van der Waals surface area contributed by atoms with Crippen LogP contribution >= 0.6 is 0 Å². The summed E-state index contributed by atoms with van der Waals surface area (Å²) in [4.78, 5) is 12.4. The summed E-state index contributed by atoms with van der Waals surface area (Å²) in [6.45, 7) is 4.97. The molecule has 3 fully saturated rings. The molecule has 2 heteroatoms. The molecule has 0 heterocycles. The Morgan fingerprint density at radius 2 is 1.90 bits per heavy atom. The van der Waals surface area contributed by atoms with Crippen molar-refractivity contribution < 1.29 is 9.53 Å². The minimum Gasteiger partial charge on any atom is -0.465 e. The van der Waals surface area contributed by atoms with E-state index in [1.807, 2.05) is 0 Å². The van der Waals surface area contributed by atoms with Crippen molar-refractivity contribution >= 4 is 5.97 Å². The molecule has 2 nitrogen and oxygen atoms in total. The van der Waals surface area contributed by atoms with Crippen LogP contribution in [0.4, 0.5) is 0 Å². The molecule has 4 bridgehead atoms. The third-order valence-corrected chi connectivity index (χ3v) is 6.51. The standard InChI is InChI=1S/C18H26O2/c1-10(2)5-6-20-18(19)15-9-13-8-14(15)17-12-4-3-11(7-12)16(13)17/h3-4,10-17H,5-9H2,1-2H3. The predicted molar refractivity (Wildman–Crippen MR) is 77.8 cm³/mol. The second kappa shape index (κ2) is 4.61. The summed E-state index contributed by atoms with van der Waals surface area (Å²) >= 11 is 0. The first-order chi connectivity index (χ1) is 9.65. The van der Waals surface area contributed by atoms with Crippen LogP contribution in [0.25, 0.3) is 0 Å². The zero-order chi connectivity index (χ0) is 13.9. The molecule has 20 heavy (non-hydrogen) atoms. The van der Waals surface area contributed by atoms with Crippen molar-refractivity contribution in [2.24, 2.45) is 47.3 Å². The Kier molecular flexibility index (Phi) is 2.98. The van der Waals surface area contributed by atoms with E-state index < -0.39 is 0 Å². The van der Waals surface area contributed by atoms with E-state index in [0.29, 0.717) is 18.4 Å². The Hall–Kier alpha value is -0.790. The molecule has 0 aromatic carbocycles. The average molecular weight is 274 g/mol. The molecule has 0 aromatic heterocycles. The zero-order valence-electron chi connectivity index (χ0n) is 12.6. The van der Waals surface area contributed by atoms with Gasteiger partial charge in [0.05, 0.1) is 12.5 Å². The summed E-state index contributed by atoms with van der Waals surface area (Å²) < 4.78 is 5.56. The number of fused-ring (bicyclic) bond motifs is 9. The van der Waals surface area contributed by atoms with Crippen LogP contribution in [0.3, 0.4) is 0 Å². The molecule has 0 saturated heterocycles. The molecule has 7 atom stereocenters. The summed E-state index contributed by atoms with van der Waals surface area (Å²) in [5.41, 5.74) is 0. The molecule has 4 rings (SSSR count). The van der Waals surface area contributed by atoms with Gasteiger partial charge in [0, 0.05) is 0 Å². The summed E-state index contributed by atoms with van der Waals surface area (Å²) in [7, 11) is 0. The molecule has 0 amide bonds. The molecular weight excluding hydrogens is 248 g/mol. The van der Waals surface area contributed by atoms with Gasteiger partial charge in [-0.1, -0.05) is 26.0 Å². The van der Waals surface area contributed by atoms with Crippen LogP contribution in [0.2, 0.25) is 0 Å². The van der Waals surface area contributed by atoms with E-state index in [1.54, 1.807) is 0 Å². The maximum atomic E-state index is 12.4. The SMILES string of the molecule is CC(C)CCOC(=O)C1CC2CC1C1C3C=CC(C3)C21. The highest BCUT2D eigenvalue weighted by Gasteiger charge is 2.62. The summed E-state index contributed by atoms with van der Waals surface area (Å²) in [6.07, 6.45) is 9.68. The Balaban J connectivity index is 1.40. The van der Waals surface area contributed by atoms with E-state index in [-0.39, 0.29) is 11.9 Å². The van der Waals surface area contributed by atoms with Crippen molar-refractivity contribution in [3.63, 3.8) is 0 Å². The van der Waals surface area contributed by atoms with Crippen molar-refractivity contribution in [3.8, 4) is 0 Å². The number of ether oxygens (including phenoxy) is 1. The van der Waals surface area contributed by atoms with E-state index in [4.69, 9.17) is 4.74 Å². The number of carbonyl (C=O) groups excluding carboxylic acids is 1. The normalized spacial score (nSPS) is 47.2. The van der Waals surface area contributed by atoms with Gasteiger partial charge in [-0.25, -0.2) is 0 Å². The lowest BCUT2D eigenvalue weighted by Crippen LogP contribution is -2.35. The Bertz CT molecular complexity index is 439. The Labute approximate surface area is 122 Å². The van der Waals surface area contributed by atoms with Crippen molar-refractivity contribution in [1.29, 1.82) is 0 Å². The molecule has 110 valence electrons. The van der Waals surface area contributed by atoms with E-state index in [2.05, 4.69) is 26.0 Å². The van der Waals surface area contributed by atoms with E-state index in [9.17, 15) is 4.79 Å². The number of esters is 1. The van der Waals surface area contributed by atoms with Gasteiger partial charge < -0.3 is 4.74 Å². The molecule has 7 unspecified atom stereocenters. The van der Waals surface area contributed by atoms with Crippen LogP contribution < -0.4 is 0 Å². The molecule has 0 aromatic rings. The summed E-state index contributed by atoms with van der Waals surface area (Å²) in [5, 5.41) is 0. The molecule has 0 aliphatic heterocycles. The monoisotopic (exact) mass is 274 g/mol. The van der Waals surface area contributed by atoms with Crippen molar-refractivity contribution in [3.05, 3.63) is 12.2 Å². The molecule has 0 spiro atoms. The minimum absolute atomic E-state index is 0.114. The van der Waals surface area contributed by atoms with Gasteiger partial charge in [0.2, 0.25) is 0 Å². The van der Waals surface area contributed by atoms with Crippen LogP contribution in [0, 0.1) is 47.3 Å². The highest BCUT2D eigenvalue weighted by atomic mass is 16.5. The highest BCUT2D eigenvalue weighted by molar-refractivity contribution is 5.73. The van der Waals surface area contributed by atoms with Crippen molar-refractivity contribution in [1.82, 2.24) is 0 Å². The van der Waals surface area contributed by atoms with Gasteiger partial charge in [-0.2, -0.15) is 0 Å². The summed E-state index contributed by atoms with van der Waals surface area (Å²) in [5.74, 6) is 5.75. The number of rotatable bonds is 4. The highest BCUT2D eigenvalue weighted by Crippen LogP contribution is 2.67. The van der Waals surface area contributed by atoms with Crippen molar-refractivity contribution in [2.45, 2.75) is 39.5 Å². The number of carbonyl (C=O) groups is 1. The molecule has 3 saturated carbocycles. The van der Waals surface area contributed by atoms with Crippen molar-refractivity contribution in [2.75, 3.05) is 6.61 Å². The predicted octanol–water partition coefficient (Wildman–Crippen LogP) is 3.67. The lowest BCUT2D eigenvalue weighted by Gasteiger charge is -2.35. The third-order valence-electron chi connectivity index (χ3n) is 6.51. The van der Waals surface area contributed by atoms with Crippen LogP contribution in [-0.4, -0.2) is 12.6 Å². The fourth-order valence-electron chi connectivity index (χ4n) is 5.79. The van der Waals surface area contributed by atoms with Gasteiger partial charge in [0.25, 0.3) is 0 Å². The number of hydrogen-bond donors (Lipinski definition) is 0. The second-order valence-corrected chi connectivity index (χ2v) is 7.95. The van der Waals surface area contributed by atoms with Gasteiger partial charge in [0.1, 0.15) is 0 Å². The largest absolute Gasteiger partial charge is 0.465 e. The lowest BCUT2D eigenvalue weighted by molar-refractivity contribution is -0.152. The van der Waals surface area contributed by atoms with Gasteiger partial charge in [0.15, 0.2) is 0 Å². The lowest BCUT2D eigenvalue weighted by atomic mass is 9.69. The minimum atomic E-state index is 0.114. The molecule has 4 aliphatic carbocycles. The first-order valence-electron chi connectivity index (χ1n) is 8.50. The van der Waals surface area contributed by atoms with E-state index in [0.717, 1.165) is 42.4 Å². The molecule has 0 radical (unpaired) electrons. The molecular formula is C18H26O2. The Morgan fingerprint density at radius 3 is 2.65 bits per heavy atom. The molecule has 4 aliphatic rings. The maximum absolute atomic E-state index is 12.4. The van der Waals surface area contributed by atoms with Crippen LogP contribution in [0.15, 0.2) is 12.2 Å². The smallest absolute Gasteiger partial charge is 0.309 e. The van der Waals surface area contributed by atoms with Gasteiger partial charge in [-0.3, -0.25) is 4.79 Å². The van der Waals surface area contributed by atoms with Crippen LogP contribution in [-0.2, 0) is 9.53 Å². The fraction of sp³-hybridized carbons (Fsp3) is 0.833. The summed E-state index contributed by atoms with van der Waals surface area (Å²) in [6, 6.07) is 0. The topological polar surface area (TPSA) is 26.3 Å². The maximum Gasteiger partial charge on any atom is 0.309 e. The van der Waals surface area contributed by atoms with Gasteiger partial charge in [-0.05, 0) is 67.1 Å². The van der Waals surface area contributed by atoms with E-state index in [1.165, 1.54) is 12.8 Å². The van der Waals surface area contributed by atoms with Crippen LogP contribution in [0.1, 0.15) is 39.5 Å². The van der Waals surface area contributed by atoms with Gasteiger partial charge >= 0.3 is 5.97 Å². The first kappa shape index (κ1) is 12.9. The zero-order valence-corrected chi connectivity index (χ0v) is 12.6. The average Bonchev–Trinajstić information content (AvgIpc) is 3.15. The second-order valence-electron chi connectivity index (χ2n) is 7.95. The quantitative estimate of drug-likeness (QED) is 0.444. The number of hydrogen-bond acceptors (Lipinski definition) is 2. The van der Waals surface area contributed by atoms with E-state index >= 15 is 0 Å².